The molecule has 6 heteroatoms. The van der Waals surface area contributed by atoms with Crippen LogP contribution in [0.1, 0.15) is 26.8 Å². The second-order valence-electron chi connectivity index (χ2n) is 4.28. The van der Waals surface area contributed by atoms with Gasteiger partial charge in [0.2, 0.25) is 0 Å². The van der Waals surface area contributed by atoms with Gasteiger partial charge in [-0.1, -0.05) is 11.8 Å². The monoisotopic (exact) mass is 301 g/mol. The Kier molecular flexibility index (Phi) is 5.43. The van der Waals surface area contributed by atoms with Crippen LogP contribution in [0.15, 0.2) is 23.7 Å². The maximum absolute atomic E-state index is 11.9. The third-order valence-electron chi connectivity index (χ3n) is 2.60. The first kappa shape index (κ1) is 15.2. The zero-order chi connectivity index (χ0) is 15.1. The van der Waals surface area contributed by atoms with Gasteiger partial charge in [-0.25, -0.2) is 9.97 Å². The molecule has 0 aliphatic rings. The molecule has 2 rings (SSSR count). The van der Waals surface area contributed by atoms with Crippen LogP contribution in [-0.4, -0.2) is 34.1 Å². The lowest BCUT2D eigenvalue weighted by Crippen LogP contribution is -2.26. The Balaban J connectivity index is 1.85. The van der Waals surface area contributed by atoms with Crippen molar-refractivity contribution in [1.29, 1.82) is 0 Å². The molecule has 2 aromatic heterocycles. The first-order valence-corrected chi connectivity index (χ1v) is 7.32. The highest BCUT2D eigenvalue weighted by atomic mass is 32.1. The molecule has 0 fully saturated rings. The van der Waals surface area contributed by atoms with E-state index < -0.39 is 0 Å². The van der Waals surface area contributed by atoms with Crippen LogP contribution >= 0.6 is 11.3 Å². The van der Waals surface area contributed by atoms with Gasteiger partial charge in [0.15, 0.2) is 0 Å². The van der Waals surface area contributed by atoms with Crippen LogP contribution in [0, 0.1) is 18.8 Å². The zero-order valence-electron chi connectivity index (χ0n) is 11.6. The van der Waals surface area contributed by atoms with Crippen molar-refractivity contribution in [3.63, 3.8) is 0 Å². The molecular formula is C15H15N3O2S. The lowest BCUT2D eigenvalue weighted by molar-refractivity contribution is 0.0949. The molecule has 0 unspecified atom stereocenters. The molecule has 0 aromatic carbocycles. The number of hydrogen-bond acceptors (Lipinski definition) is 5. The summed E-state index contributed by atoms with van der Waals surface area (Å²) >= 11 is 1.59. The predicted molar refractivity (Wildman–Crippen MR) is 81.1 cm³/mol. The molecule has 0 aliphatic carbocycles. The van der Waals surface area contributed by atoms with E-state index in [1.807, 2.05) is 12.3 Å². The van der Waals surface area contributed by atoms with Gasteiger partial charge in [0.1, 0.15) is 12.3 Å². The van der Waals surface area contributed by atoms with Crippen LogP contribution in [-0.2, 0) is 6.42 Å². The Bertz CT molecular complexity index is 668. The number of carbonyl (C=O) groups excluding carboxylic acids is 1. The lowest BCUT2D eigenvalue weighted by atomic mass is 10.2. The first-order valence-electron chi connectivity index (χ1n) is 6.44. The topological polar surface area (TPSA) is 75.1 Å². The molecule has 0 aliphatic heterocycles. The number of amides is 1. The maximum atomic E-state index is 11.9. The summed E-state index contributed by atoms with van der Waals surface area (Å²) in [6.07, 6.45) is 2.23. The Morgan fingerprint density at radius 1 is 1.48 bits per heavy atom. The number of aryl methyl sites for hydroxylation is 1. The fraction of sp³-hybridized carbons (Fsp3) is 0.267. The average molecular weight is 301 g/mol. The summed E-state index contributed by atoms with van der Waals surface area (Å²) in [5, 5.41) is 14.4. The quantitative estimate of drug-likeness (QED) is 0.831. The summed E-state index contributed by atoms with van der Waals surface area (Å²) in [6, 6.07) is 3.32. The van der Waals surface area contributed by atoms with Crippen LogP contribution in [0.3, 0.4) is 0 Å². The fourth-order valence-electron chi connectivity index (χ4n) is 1.63. The molecular weight excluding hydrogens is 286 g/mol. The number of nitrogens with zero attached hydrogens (tertiary/aromatic N) is 2. The van der Waals surface area contributed by atoms with Crippen molar-refractivity contribution in [1.82, 2.24) is 15.3 Å². The zero-order valence-corrected chi connectivity index (χ0v) is 12.4. The van der Waals surface area contributed by atoms with Crippen molar-refractivity contribution in [3.05, 3.63) is 45.7 Å². The van der Waals surface area contributed by atoms with Crippen LogP contribution in [0.5, 0.6) is 0 Å². The average Bonchev–Trinajstić information content (AvgIpc) is 2.91. The number of carbonyl (C=O) groups is 1. The van der Waals surface area contributed by atoms with Crippen molar-refractivity contribution in [2.24, 2.45) is 0 Å². The SMILES string of the molecule is Cc1csc(CCNC(=O)c2ccc(C#CCO)cn2)n1. The number of thiazole rings is 1. The molecule has 1 amide bonds. The van der Waals surface area contributed by atoms with E-state index in [0.717, 1.165) is 10.7 Å². The standard InChI is InChI=1S/C15H15N3O2S/c1-11-10-21-14(18-11)6-7-16-15(20)13-5-4-12(9-17-13)3-2-8-19/h4-5,9-10,19H,6-8H2,1H3,(H,16,20). The van der Waals surface area contributed by atoms with Gasteiger partial charge in [-0.05, 0) is 19.1 Å². The summed E-state index contributed by atoms with van der Waals surface area (Å²) in [5.74, 6) is 5.04. The lowest BCUT2D eigenvalue weighted by Gasteiger charge is -2.03. The van der Waals surface area contributed by atoms with Crippen LogP contribution < -0.4 is 5.32 Å². The Hall–Kier alpha value is -2.23. The van der Waals surface area contributed by atoms with Gasteiger partial charge in [0.05, 0.1) is 5.01 Å². The maximum Gasteiger partial charge on any atom is 0.269 e. The Morgan fingerprint density at radius 3 is 2.95 bits per heavy atom. The fourth-order valence-corrected chi connectivity index (χ4v) is 2.41. The molecule has 2 N–H and O–H groups in total. The molecule has 0 spiro atoms. The second kappa shape index (κ2) is 7.53. The number of rotatable bonds is 4. The molecule has 2 heterocycles. The largest absolute Gasteiger partial charge is 0.384 e. The summed E-state index contributed by atoms with van der Waals surface area (Å²) in [5.41, 5.74) is 2.02. The normalized spacial score (nSPS) is 9.81. The molecule has 0 bridgehead atoms. The van der Waals surface area contributed by atoms with E-state index in [1.54, 1.807) is 23.5 Å². The van der Waals surface area contributed by atoms with E-state index in [-0.39, 0.29) is 12.5 Å². The molecule has 2 aromatic rings. The van der Waals surface area contributed by atoms with Gasteiger partial charge in [-0.3, -0.25) is 4.79 Å². The number of aliphatic hydroxyl groups is 1. The number of hydrogen-bond donors (Lipinski definition) is 2. The van der Waals surface area contributed by atoms with Crippen molar-refractivity contribution >= 4 is 17.2 Å². The molecule has 0 saturated carbocycles. The van der Waals surface area contributed by atoms with Gasteiger partial charge in [-0.2, -0.15) is 0 Å². The molecule has 5 nitrogen and oxygen atoms in total. The summed E-state index contributed by atoms with van der Waals surface area (Å²) in [4.78, 5) is 20.3. The van der Waals surface area contributed by atoms with Gasteiger partial charge >= 0.3 is 0 Å². The van der Waals surface area contributed by atoms with Gasteiger partial charge in [-0.15, -0.1) is 11.3 Å². The van der Waals surface area contributed by atoms with Crippen LogP contribution in [0.2, 0.25) is 0 Å². The summed E-state index contributed by atoms with van der Waals surface area (Å²) < 4.78 is 0. The van der Waals surface area contributed by atoms with E-state index in [1.165, 1.54) is 6.20 Å². The van der Waals surface area contributed by atoms with E-state index in [4.69, 9.17) is 5.11 Å². The molecule has 21 heavy (non-hydrogen) atoms. The molecule has 0 radical (unpaired) electrons. The van der Waals surface area contributed by atoms with E-state index >= 15 is 0 Å². The Labute approximate surface area is 127 Å². The van der Waals surface area contributed by atoms with Crippen LogP contribution in [0.4, 0.5) is 0 Å². The highest BCUT2D eigenvalue weighted by Gasteiger charge is 2.06. The number of pyridine rings is 1. The molecule has 0 saturated heterocycles. The Morgan fingerprint density at radius 2 is 2.33 bits per heavy atom. The van der Waals surface area contributed by atoms with Crippen molar-refractivity contribution in [2.45, 2.75) is 13.3 Å². The third-order valence-corrected chi connectivity index (χ3v) is 3.63. The highest BCUT2D eigenvalue weighted by molar-refractivity contribution is 7.09. The third kappa shape index (κ3) is 4.67. The van der Waals surface area contributed by atoms with Gasteiger partial charge < -0.3 is 10.4 Å². The van der Waals surface area contributed by atoms with E-state index in [9.17, 15) is 4.79 Å². The highest BCUT2D eigenvalue weighted by Crippen LogP contribution is 2.08. The first-order chi connectivity index (χ1) is 10.2. The molecule has 108 valence electrons. The second-order valence-corrected chi connectivity index (χ2v) is 5.22. The summed E-state index contributed by atoms with van der Waals surface area (Å²) in [6.45, 7) is 2.28. The smallest absolute Gasteiger partial charge is 0.269 e. The van der Waals surface area contributed by atoms with Gasteiger partial charge in [0, 0.05) is 35.8 Å². The minimum absolute atomic E-state index is 0.196. The minimum Gasteiger partial charge on any atom is -0.384 e. The number of nitrogens with one attached hydrogen (secondary N) is 1. The molecule has 0 atom stereocenters. The number of aliphatic hydroxyl groups excluding tert-OH is 1. The van der Waals surface area contributed by atoms with Crippen molar-refractivity contribution in [3.8, 4) is 11.8 Å². The van der Waals surface area contributed by atoms with Gasteiger partial charge in [0.25, 0.3) is 5.91 Å². The van der Waals surface area contributed by atoms with Crippen LogP contribution in [0.25, 0.3) is 0 Å². The minimum atomic E-state index is -0.218. The summed E-state index contributed by atoms with van der Waals surface area (Å²) in [7, 11) is 0. The predicted octanol–water partition coefficient (Wildman–Crippen LogP) is 1.16. The van der Waals surface area contributed by atoms with Crippen molar-refractivity contribution < 1.29 is 9.90 Å². The van der Waals surface area contributed by atoms with E-state index in [0.29, 0.717) is 24.2 Å². The number of aromatic nitrogens is 2. The van der Waals surface area contributed by atoms with Crippen molar-refractivity contribution in [2.75, 3.05) is 13.2 Å². The van der Waals surface area contributed by atoms with E-state index in [2.05, 4.69) is 27.1 Å².